The topological polar surface area (TPSA) is 39.7 Å². The fourth-order valence-corrected chi connectivity index (χ4v) is 3.53. The minimum Gasteiger partial charge on any atom is -0.357 e. The molecule has 0 bridgehead atoms. The van der Waals surface area contributed by atoms with Gasteiger partial charge in [-0.3, -0.25) is 4.90 Å². The average molecular weight is 323 g/mol. The first-order chi connectivity index (χ1) is 10.7. The van der Waals surface area contributed by atoms with Crippen LogP contribution in [0.15, 0.2) is 22.5 Å². The second-order valence-electron chi connectivity index (χ2n) is 6.25. The van der Waals surface area contributed by atoms with Crippen LogP contribution in [0.25, 0.3) is 0 Å². The normalized spacial score (nSPS) is 21.6. The smallest absolute Gasteiger partial charge is 0.191 e. The molecule has 1 saturated heterocycles. The number of nitrogens with one attached hydrogen (secondary N) is 2. The van der Waals surface area contributed by atoms with E-state index in [1.807, 2.05) is 0 Å². The van der Waals surface area contributed by atoms with E-state index in [2.05, 4.69) is 58.8 Å². The summed E-state index contributed by atoms with van der Waals surface area (Å²) in [5.74, 6) is 1.75. The fourth-order valence-electron chi connectivity index (χ4n) is 2.90. The molecule has 0 saturated carbocycles. The SMILES string of the molecule is CCNC(=NCc1cccs1)NCC(C)N1CCCC(C)C1. The largest absolute Gasteiger partial charge is 0.357 e. The second-order valence-corrected chi connectivity index (χ2v) is 7.28. The van der Waals surface area contributed by atoms with Crippen LogP contribution in [0.3, 0.4) is 0 Å². The van der Waals surface area contributed by atoms with Gasteiger partial charge in [-0.2, -0.15) is 0 Å². The summed E-state index contributed by atoms with van der Waals surface area (Å²) in [6.45, 7) is 11.8. The van der Waals surface area contributed by atoms with Crippen molar-refractivity contribution < 1.29 is 0 Å². The molecule has 1 aliphatic heterocycles. The number of guanidine groups is 1. The first-order valence-corrected chi connectivity index (χ1v) is 9.35. The van der Waals surface area contributed by atoms with E-state index in [0.29, 0.717) is 6.04 Å². The van der Waals surface area contributed by atoms with Crippen LogP contribution in [-0.2, 0) is 6.54 Å². The third-order valence-corrected chi connectivity index (χ3v) is 5.06. The number of thiophene rings is 1. The molecule has 1 fully saturated rings. The molecule has 124 valence electrons. The summed E-state index contributed by atoms with van der Waals surface area (Å²) in [4.78, 5) is 8.58. The number of nitrogens with zero attached hydrogens (tertiary/aromatic N) is 2. The van der Waals surface area contributed by atoms with Gasteiger partial charge in [0.05, 0.1) is 6.54 Å². The van der Waals surface area contributed by atoms with E-state index >= 15 is 0 Å². The predicted octanol–water partition coefficient (Wildman–Crippen LogP) is 2.92. The molecule has 1 aromatic heterocycles. The highest BCUT2D eigenvalue weighted by atomic mass is 32.1. The quantitative estimate of drug-likeness (QED) is 0.625. The lowest BCUT2D eigenvalue weighted by Gasteiger charge is -2.35. The summed E-state index contributed by atoms with van der Waals surface area (Å²) in [7, 11) is 0. The van der Waals surface area contributed by atoms with Gasteiger partial charge in [-0.25, -0.2) is 4.99 Å². The predicted molar refractivity (Wildman–Crippen MR) is 96.6 cm³/mol. The van der Waals surface area contributed by atoms with Crippen molar-refractivity contribution in [2.75, 3.05) is 26.2 Å². The zero-order valence-electron chi connectivity index (χ0n) is 14.1. The first kappa shape index (κ1) is 17.3. The van der Waals surface area contributed by atoms with Crippen LogP contribution in [0.5, 0.6) is 0 Å². The van der Waals surface area contributed by atoms with Gasteiger partial charge in [0.1, 0.15) is 0 Å². The van der Waals surface area contributed by atoms with Crippen molar-refractivity contribution in [2.45, 2.75) is 46.2 Å². The number of hydrogen-bond donors (Lipinski definition) is 2. The van der Waals surface area contributed by atoms with Crippen LogP contribution in [0, 0.1) is 5.92 Å². The van der Waals surface area contributed by atoms with Crippen LogP contribution in [0.2, 0.25) is 0 Å². The van der Waals surface area contributed by atoms with Crippen molar-refractivity contribution in [1.82, 2.24) is 15.5 Å². The summed E-state index contributed by atoms with van der Waals surface area (Å²) >= 11 is 1.76. The highest BCUT2D eigenvalue weighted by molar-refractivity contribution is 7.09. The molecule has 22 heavy (non-hydrogen) atoms. The second kappa shape index (κ2) is 9.16. The molecule has 0 radical (unpaired) electrons. The molecule has 2 N–H and O–H groups in total. The van der Waals surface area contributed by atoms with Gasteiger partial charge >= 0.3 is 0 Å². The van der Waals surface area contributed by atoms with Gasteiger partial charge in [0.25, 0.3) is 0 Å². The molecule has 1 aromatic rings. The average Bonchev–Trinajstić information content (AvgIpc) is 3.03. The van der Waals surface area contributed by atoms with Gasteiger partial charge < -0.3 is 10.6 Å². The zero-order valence-corrected chi connectivity index (χ0v) is 15.0. The van der Waals surface area contributed by atoms with Gasteiger partial charge in [-0.1, -0.05) is 13.0 Å². The highest BCUT2D eigenvalue weighted by Gasteiger charge is 2.20. The van der Waals surface area contributed by atoms with Crippen LogP contribution >= 0.6 is 11.3 Å². The first-order valence-electron chi connectivity index (χ1n) is 8.47. The maximum atomic E-state index is 4.67. The van der Waals surface area contributed by atoms with Crippen molar-refractivity contribution in [2.24, 2.45) is 10.9 Å². The van der Waals surface area contributed by atoms with Gasteiger partial charge in [0.15, 0.2) is 5.96 Å². The van der Waals surface area contributed by atoms with Crippen LogP contribution in [-0.4, -0.2) is 43.1 Å². The van der Waals surface area contributed by atoms with Gasteiger partial charge in [0, 0.05) is 30.6 Å². The summed E-state index contributed by atoms with van der Waals surface area (Å²) in [5, 5.41) is 8.94. The van der Waals surface area contributed by atoms with Crippen molar-refractivity contribution >= 4 is 17.3 Å². The number of hydrogen-bond acceptors (Lipinski definition) is 3. The van der Waals surface area contributed by atoms with Gasteiger partial charge in [-0.05, 0) is 50.6 Å². The van der Waals surface area contributed by atoms with Crippen LogP contribution < -0.4 is 10.6 Å². The van der Waals surface area contributed by atoms with Crippen molar-refractivity contribution in [3.8, 4) is 0 Å². The van der Waals surface area contributed by atoms with Crippen molar-refractivity contribution in [3.63, 3.8) is 0 Å². The number of aliphatic imine (C=N–C) groups is 1. The highest BCUT2D eigenvalue weighted by Crippen LogP contribution is 2.17. The lowest BCUT2D eigenvalue weighted by Crippen LogP contribution is -2.48. The fraction of sp³-hybridized carbons (Fsp3) is 0.706. The van der Waals surface area contributed by atoms with E-state index in [-0.39, 0.29) is 0 Å². The molecule has 0 spiro atoms. The Labute approximate surface area is 139 Å². The molecule has 0 aliphatic carbocycles. The molecule has 2 unspecified atom stereocenters. The van der Waals surface area contributed by atoms with E-state index in [0.717, 1.165) is 31.5 Å². The molecule has 4 nitrogen and oxygen atoms in total. The molecule has 5 heteroatoms. The summed E-state index contributed by atoms with van der Waals surface area (Å²) in [6.07, 6.45) is 2.71. The Morgan fingerprint density at radius 1 is 1.50 bits per heavy atom. The van der Waals surface area contributed by atoms with E-state index < -0.39 is 0 Å². The Kier molecular flexibility index (Phi) is 7.19. The Balaban J connectivity index is 1.81. The third-order valence-electron chi connectivity index (χ3n) is 4.19. The molecule has 1 aliphatic rings. The third kappa shape index (κ3) is 5.61. The number of likely N-dealkylation sites (tertiary alicyclic amines) is 1. The Bertz CT molecular complexity index is 444. The minimum absolute atomic E-state index is 0.549. The van der Waals surface area contributed by atoms with E-state index in [1.54, 1.807) is 11.3 Å². The van der Waals surface area contributed by atoms with E-state index in [4.69, 9.17) is 0 Å². The number of piperidine rings is 1. The minimum atomic E-state index is 0.549. The van der Waals surface area contributed by atoms with E-state index in [9.17, 15) is 0 Å². The van der Waals surface area contributed by atoms with Gasteiger partial charge in [0.2, 0.25) is 0 Å². The van der Waals surface area contributed by atoms with Crippen molar-refractivity contribution in [3.05, 3.63) is 22.4 Å². The molecular formula is C17H30N4S. The molecule has 0 aromatic carbocycles. The van der Waals surface area contributed by atoms with Crippen molar-refractivity contribution in [1.29, 1.82) is 0 Å². The maximum Gasteiger partial charge on any atom is 0.191 e. The summed E-state index contributed by atoms with van der Waals surface area (Å²) in [5.41, 5.74) is 0. The standard InChI is InChI=1S/C17H30N4S/c1-4-18-17(20-12-16-8-6-10-22-16)19-11-15(3)21-9-5-7-14(2)13-21/h6,8,10,14-15H,4-5,7,9,11-13H2,1-3H3,(H2,18,19,20). The summed E-state index contributed by atoms with van der Waals surface area (Å²) in [6, 6.07) is 4.76. The van der Waals surface area contributed by atoms with Crippen LogP contribution in [0.4, 0.5) is 0 Å². The lowest BCUT2D eigenvalue weighted by molar-refractivity contribution is 0.139. The molecule has 0 amide bonds. The number of rotatable bonds is 6. The van der Waals surface area contributed by atoms with E-state index in [1.165, 1.54) is 30.8 Å². The molecule has 2 heterocycles. The van der Waals surface area contributed by atoms with Gasteiger partial charge in [-0.15, -0.1) is 11.3 Å². The zero-order chi connectivity index (χ0) is 15.8. The molecule has 2 atom stereocenters. The molecule has 2 rings (SSSR count). The Morgan fingerprint density at radius 2 is 2.36 bits per heavy atom. The maximum absolute atomic E-state index is 4.67. The lowest BCUT2D eigenvalue weighted by atomic mass is 9.99. The monoisotopic (exact) mass is 322 g/mol. The van der Waals surface area contributed by atoms with Crippen LogP contribution in [0.1, 0.15) is 38.5 Å². The molecular weight excluding hydrogens is 292 g/mol. The Hall–Kier alpha value is -1.07. The summed E-state index contributed by atoms with van der Waals surface area (Å²) < 4.78 is 0. The Morgan fingerprint density at radius 3 is 3.05 bits per heavy atom.